The van der Waals surface area contributed by atoms with Gasteiger partial charge < -0.3 is 10.0 Å². The topological polar surface area (TPSA) is 43.8 Å². The largest absolute Gasteiger partial charge is 0.406 e. The summed E-state index contributed by atoms with van der Waals surface area (Å²) in [6.07, 6.45) is -4.82. The first-order valence-corrected chi connectivity index (χ1v) is 8.05. The third-order valence-electron chi connectivity index (χ3n) is 4.36. The zero-order valence-corrected chi connectivity index (χ0v) is 13.9. The van der Waals surface area contributed by atoms with Crippen LogP contribution in [0.4, 0.5) is 13.2 Å². The van der Waals surface area contributed by atoms with Gasteiger partial charge in [0.1, 0.15) is 6.54 Å². The second kappa shape index (κ2) is 7.53. The molecule has 1 aromatic rings. The lowest BCUT2D eigenvalue weighted by Gasteiger charge is -2.29. The van der Waals surface area contributed by atoms with E-state index in [2.05, 4.69) is 0 Å². The quantitative estimate of drug-likeness (QED) is 0.862. The fraction of sp³-hybridized carbons (Fsp3) is 0.588. The van der Waals surface area contributed by atoms with Crippen molar-refractivity contribution < 1.29 is 23.1 Å². The molecular weight excluding hydrogens is 321 g/mol. The van der Waals surface area contributed by atoms with Crippen molar-refractivity contribution in [2.75, 3.05) is 26.2 Å². The summed E-state index contributed by atoms with van der Waals surface area (Å²) in [5.74, 6) is -0.509. The maximum absolute atomic E-state index is 12.5. The van der Waals surface area contributed by atoms with Crippen molar-refractivity contribution in [2.45, 2.75) is 38.6 Å². The minimum Gasteiger partial charge on any atom is -0.387 e. The predicted molar refractivity (Wildman–Crippen MR) is 84.4 cm³/mol. The van der Waals surface area contributed by atoms with Crippen LogP contribution < -0.4 is 0 Å². The van der Waals surface area contributed by atoms with Gasteiger partial charge in [-0.3, -0.25) is 9.69 Å². The Morgan fingerprint density at radius 3 is 2.50 bits per heavy atom. The number of nitrogens with zero attached hydrogens (tertiary/aromatic N) is 2. The van der Waals surface area contributed by atoms with Crippen molar-refractivity contribution in [1.82, 2.24) is 9.80 Å². The molecule has 1 N–H and O–H groups in total. The maximum atomic E-state index is 12.5. The third kappa shape index (κ3) is 4.70. The highest BCUT2D eigenvalue weighted by atomic mass is 19.4. The lowest BCUT2D eigenvalue weighted by molar-refractivity contribution is -0.159. The molecule has 1 aromatic carbocycles. The molecule has 1 aliphatic rings. The number of likely N-dealkylation sites (N-methyl/N-ethyl adjacent to an activating group) is 1. The van der Waals surface area contributed by atoms with E-state index in [1.54, 1.807) is 4.90 Å². The van der Waals surface area contributed by atoms with Gasteiger partial charge in [0, 0.05) is 13.1 Å². The highest BCUT2D eigenvalue weighted by molar-refractivity contribution is 5.84. The van der Waals surface area contributed by atoms with Crippen molar-refractivity contribution in [3.8, 4) is 0 Å². The van der Waals surface area contributed by atoms with Crippen molar-refractivity contribution >= 4 is 5.91 Å². The van der Waals surface area contributed by atoms with E-state index in [1.165, 1.54) is 0 Å². The van der Waals surface area contributed by atoms with Crippen LogP contribution >= 0.6 is 0 Å². The normalized spacial score (nSPS) is 20.0. The highest BCUT2D eigenvalue weighted by Crippen LogP contribution is 2.25. The van der Waals surface area contributed by atoms with Crippen molar-refractivity contribution in [3.63, 3.8) is 0 Å². The molecule has 0 aliphatic carbocycles. The zero-order valence-electron chi connectivity index (χ0n) is 13.9. The smallest absolute Gasteiger partial charge is 0.387 e. The van der Waals surface area contributed by atoms with Gasteiger partial charge >= 0.3 is 6.18 Å². The lowest BCUT2D eigenvalue weighted by Crippen LogP contribution is -2.45. The number of benzene rings is 1. The number of hydrogen-bond donors (Lipinski definition) is 1. The maximum Gasteiger partial charge on any atom is 0.406 e. The Hall–Kier alpha value is -1.60. The molecule has 1 fully saturated rings. The minimum absolute atomic E-state index is 0.0974. The predicted octanol–water partition coefficient (Wildman–Crippen LogP) is 2.51. The first-order chi connectivity index (χ1) is 11.2. The summed E-state index contributed by atoms with van der Waals surface area (Å²) < 4.78 is 37.5. The molecule has 2 rings (SSSR count). The fourth-order valence-electron chi connectivity index (χ4n) is 3.03. The van der Waals surface area contributed by atoms with Crippen LogP contribution in [0.15, 0.2) is 24.3 Å². The number of carbonyl (C=O) groups is 1. The van der Waals surface area contributed by atoms with Crippen molar-refractivity contribution in [2.24, 2.45) is 0 Å². The van der Waals surface area contributed by atoms with Gasteiger partial charge in [-0.05, 0) is 25.5 Å². The molecule has 7 heteroatoms. The molecule has 1 saturated heterocycles. The van der Waals surface area contributed by atoms with Crippen LogP contribution in [0.2, 0.25) is 0 Å². The van der Waals surface area contributed by atoms with Gasteiger partial charge in [-0.2, -0.15) is 13.2 Å². The van der Waals surface area contributed by atoms with Crippen LogP contribution in [0.5, 0.6) is 0 Å². The average Bonchev–Trinajstić information content (AvgIpc) is 2.84. The second-order valence-corrected chi connectivity index (χ2v) is 6.19. The molecule has 24 heavy (non-hydrogen) atoms. The fourth-order valence-corrected chi connectivity index (χ4v) is 3.03. The summed E-state index contributed by atoms with van der Waals surface area (Å²) in [4.78, 5) is 14.9. The molecule has 1 aliphatic heterocycles. The van der Waals surface area contributed by atoms with Crippen LogP contribution in [0, 0.1) is 6.92 Å². The molecular formula is C17H23F3N2O2. The molecule has 4 nitrogen and oxygen atoms in total. The van der Waals surface area contributed by atoms with Gasteiger partial charge in [0.2, 0.25) is 5.91 Å². The molecule has 0 radical (unpaired) electrons. The lowest BCUT2D eigenvalue weighted by atomic mass is 10.1. The summed E-state index contributed by atoms with van der Waals surface area (Å²) in [6.45, 7) is 3.37. The Morgan fingerprint density at radius 1 is 1.33 bits per heavy atom. The SMILES string of the molecule is CCN(CC(O)c1ccc(C)cc1)C1CCN(CC(F)(F)F)C1=O. The summed E-state index contributed by atoms with van der Waals surface area (Å²) in [7, 11) is 0. The molecule has 0 spiro atoms. The monoisotopic (exact) mass is 344 g/mol. The van der Waals surface area contributed by atoms with E-state index in [1.807, 2.05) is 38.1 Å². The van der Waals surface area contributed by atoms with Gasteiger partial charge in [0.15, 0.2) is 0 Å². The van der Waals surface area contributed by atoms with Gasteiger partial charge in [0.25, 0.3) is 0 Å². The number of aliphatic hydroxyl groups excluding tert-OH is 1. The summed E-state index contributed by atoms with van der Waals surface area (Å²) >= 11 is 0. The van der Waals surface area contributed by atoms with E-state index in [-0.39, 0.29) is 13.1 Å². The highest BCUT2D eigenvalue weighted by Gasteiger charge is 2.41. The Balaban J connectivity index is 2.01. The molecule has 0 aromatic heterocycles. The average molecular weight is 344 g/mol. The molecule has 0 bridgehead atoms. The van der Waals surface area contributed by atoms with Crippen molar-refractivity contribution in [1.29, 1.82) is 0 Å². The van der Waals surface area contributed by atoms with E-state index in [0.717, 1.165) is 16.0 Å². The Kier molecular flexibility index (Phi) is 5.87. The van der Waals surface area contributed by atoms with Crippen molar-refractivity contribution in [3.05, 3.63) is 35.4 Å². The van der Waals surface area contributed by atoms with E-state index in [4.69, 9.17) is 0 Å². The number of carbonyl (C=O) groups excluding carboxylic acids is 1. The van der Waals surface area contributed by atoms with E-state index in [9.17, 15) is 23.1 Å². The van der Waals surface area contributed by atoms with Crippen LogP contribution in [0.1, 0.15) is 30.6 Å². The van der Waals surface area contributed by atoms with E-state index in [0.29, 0.717) is 13.0 Å². The summed E-state index contributed by atoms with van der Waals surface area (Å²) in [5.41, 5.74) is 1.81. The zero-order chi connectivity index (χ0) is 17.9. The van der Waals surface area contributed by atoms with Crippen LogP contribution in [-0.4, -0.2) is 59.2 Å². The Labute approximate surface area is 139 Å². The minimum atomic E-state index is -4.39. The third-order valence-corrected chi connectivity index (χ3v) is 4.36. The Morgan fingerprint density at radius 2 is 1.96 bits per heavy atom. The number of halogens is 3. The molecule has 2 atom stereocenters. The molecule has 0 saturated carbocycles. The standard InChI is InChI=1S/C17H23F3N2O2/c1-3-21(10-15(23)13-6-4-12(2)5-7-13)14-8-9-22(16(14)24)11-17(18,19)20/h4-7,14-15,23H,3,8-11H2,1-2H3. The number of likely N-dealkylation sites (tertiary alicyclic amines) is 1. The second-order valence-electron chi connectivity index (χ2n) is 6.19. The van der Waals surface area contributed by atoms with Gasteiger partial charge in [-0.25, -0.2) is 0 Å². The number of alkyl halides is 3. The van der Waals surface area contributed by atoms with E-state index < -0.39 is 30.8 Å². The number of aliphatic hydroxyl groups is 1. The van der Waals surface area contributed by atoms with Crippen LogP contribution in [0.3, 0.4) is 0 Å². The molecule has 1 heterocycles. The summed E-state index contributed by atoms with van der Waals surface area (Å²) in [6, 6.07) is 6.82. The number of hydrogen-bond acceptors (Lipinski definition) is 3. The van der Waals surface area contributed by atoms with Gasteiger partial charge in [-0.1, -0.05) is 36.8 Å². The first-order valence-electron chi connectivity index (χ1n) is 8.05. The van der Waals surface area contributed by atoms with Gasteiger partial charge in [-0.15, -0.1) is 0 Å². The molecule has 1 amide bonds. The van der Waals surface area contributed by atoms with Crippen LogP contribution in [-0.2, 0) is 4.79 Å². The number of amides is 1. The number of aryl methyl sites for hydroxylation is 1. The number of rotatable bonds is 6. The van der Waals surface area contributed by atoms with Gasteiger partial charge in [0.05, 0.1) is 12.1 Å². The first kappa shape index (κ1) is 18.7. The van der Waals surface area contributed by atoms with Crippen LogP contribution in [0.25, 0.3) is 0 Å². The Bertz CT molecular complexity index is 560. The summed E-state index contributed by atoms with van der Waals surface area (Å²) in [5, 5.41) is 10.4. The molecule has 2 unspecified atom stereocenters. The molecule has 134 valence electrons. The van der Waals surface area contributed by atoms with E-state index >= 15 is 0 Å².